The van der Waals surface area contributed by atoms with Gasteiger partial charge in [0.1, 0.15) is 23.0 Å². The number of nitrogens with one attached hydrogen (secondary N) is 1. The molecular weight excluding hydrogens is 407 g/mol. The van der Waals surface area contributed by atoms with E-state index in [1.54, 1.807) is 12.1 Å². The van der Waals surface area contributed by atoms with Crippen molar-refractivity contribution in [2.45, 2.75) is 13.0 Å². The number of carbonyl (C=O) groups is 1. The molecule has 0 aliphatic rings. The average molecular weight is 426 g/mol. The van der Waals surface area contributed by atoms with Gasteiger partial charge >= 0.3 is 0 Å². The zero-order chi connectivity index (χ0) is 21.5. The minimum Gasteiger partial charge on any atom is -0.456 e. The summed E-state index contributed by atoms with van der Waals surface area (Å²) in [5.74, 6) is -1.02. The van der Waals surface area contributed by atoms with Gasteiger partial charge < -0.3 is 9.73 Å². The van der Waals surface area contributed by atoms with Crippen LogP contribution in [-0.2, 0) is 14.8 Å². The molecule has 0 saturated heterocycles. The number of anilines is 2. The number of para-hydroxylation sites is 1. The van der Waals surface area contributed by atoms with Gasteiger partial charge in [-0.3, -0.25) is 9.10 Å². The monoisotopic (exact) mass is 426 g/mol. The highest BCUT2D eigenvalue weighted by Crippen LogP contribution is 2.30. The molecule has 30 heavy (non-hydrogen) atoms. The van der Waals surface area contributed by atoms with Gasteiger partial charge in [0.05, 0.1) is 11.9 Å². The fraction of sp³-hybridized carbons (Fsp3) is 0.136. The van der Waals surface area contributed by atoms with Crippen molar-refractivity contribution in [2.75, 3.05) is 15.9 Å². The van der Waals surface area contributed by atoms with E-state index in [9.17, 15) is 17.6 Å². The number of hydrogen-bond donors (Lipinski definition) is 1. The van der Waals surface area contributed by atoms with E-state index in [2.05, 4.69) is 5.32 Å². The van der Waals surface area contributed by atoms with Gasteiger partial charge in [0.2, 0.25) is 15.9 Å². The predicted octanol–water partition coefficient (Wildman–Crippen LogP) is 4.52. The number of fused-ring (bicyclic) bond motifs is 3. The van der Waals surface area contributed by atoms with Crippen LogP contribution in [0.5, 0.6) is 0 Å². The van der Waals surface area contributed by atoms with E-state index in [0.717, 1.165) is 39.0 Å². The van der Waals surface area contributed by atoms with Gasteiger partial charge in [0.15, 0.2) is 0 Å². The van der Waals surface area contributed by atoms with Crippen LogP contribution in [0.3, 0.4) is 0 Å². The van der Waals surface area contributed by atoms with Crippen LogP contribution < -0.4 is 9.62 Å². The third-order valence-electron chi connectivity index (χ3n) is 4.82. The van der Waals surface area contributed by atoms with Gasteiger partial charge in [-0.2, -0.15) is 0 Å². The first-order chi connectivity index (χ1) is 14.2. The normalized spacial score (nSPS) is 12.8. The van der Waals surface area contributed by atoms with E-state index >= 15 is 0 Å². The number of sulfonamides is 1. The van der Waals surface area contributed by atoms with Crippen molar-refractivity contribution in [3.05, 3.63) is 72.5 Å². The van der Waals surface area contributed by atoms with Gasteiger partial charge in [-0.15, -0.1) is 0 Å². The lowest BCUT2D eigenvalue weighted by atomic mass is 10.1. The van der Waals surface area contributed by atoms with Gasteiger partial charge in [-0.1, -0.05) is 18.2 Å². The number of carbonyl (C=O) groups excluding carboxylic acids is 1. The molecule has 1 unspecified atom stereocenters. The molecule has 1 atom stereocenters. The SMILES string of the molecule is CC(C(=O)Nc1ccc2c(c1)oc1ccccc12)N(c1ccc(F)cc1)S(C)(=O)=O. The standard InChI is InChI=1S/C22H19FN2O4S/c1-14(25(30(2,27)28)17-10-7-15(23)8-11-17)22(26)24-16-9-12-19-18-5-3-4-6-20(18)29-21(19)13-16/h3-14H,1-2H3,(H,24,26). The van der Waals surface area contributed by atoms with Gasteiger partial charge in [0, 0.05) is 22.5 Å². The Balaban J connectivity index is 1.62. The summed E-state index contributed by atoms with van der Waals surface area (Å²) < 4.78 is 44.7. The largest absolute Gasteiger partial charge is 0.456 e. The Hall–Kier alpha value is -3.39. The molecule has 154 valence electrons. The molecule has 3 aromatic carbocycles. The second kappa shape index (κ2) is 7.46. The second-order valence-electron chi connectivity index (χ2n) is 7.01. The predicted molar refractivity (Wildman–Crippen MR) is 116 cm³/mol. The van der Waals surface area contributed by atoms with Crippen LogP contribution in [0.1, 0.15) is 6.92 Å². The Morgan fingerprint density at radius 1 is 1.00 bits per heavy atom. The Kier molecular flexibility index (Phi) is 4.95. The van der Waals surface area contributed by atoms with Crippen LogP contribution in [0.2, 0.25) is 0 Å². The summed E-state index contributed by atoms with van der Waals surface area (Å²) in [5, 5.41) is 4.62. The molecule has 8 heteroatoms. The molecule has 4 aromatic rings. The first-order valence-corrected chi connectivity index (χ1v) is 11.1. The zero-order valence-corrected chi connectivity index (χ0v) is 17.1. The third-order valence-corrected chi connectivity index (χ3v) is 6.06. The smallest absolute Gasteiger partial charge is 0.247 e. The highest BCUT2D eigenvalue weighted by molar-refractivity contribution is 7.92. The van der Waals surface area contributed by atoms with Crippen LogP contribution in [0.15, 0.2) is 71.1 Å². The van der Waals surface area contributed by atoms with E-state index in [-0.39, 0.29) is 5.69 Å². The van der Waals surface area contributed by atoms with Gasteiger partial charge in [0.25, 0.3) is 0 Å². The Bertz CT molecular complexity index is 1350. The molecule has 0 radical (unpaired) electrons. The second-order valence-corrected chi connectivity index (χ2v) is 8.87. The molecule has 1 aromatic heterocycles. The summed E-state index contributed by atoms with van der Waals surface area (Å²) in [7, 11) is -3.79. The summed E-state index contributed by atoms with van der Waals surface area (Å²) in [6, 6.07) is 16.8. The van der Waals surface area contributed by atoms with E-state index in [1.165, 1.54) is 19.1 Å². The number of halogens is 1. The molecule has 4 rings (SSSR count). The Morgan fingerprint density at radius 3 is 2.37 bits per heavy atom. The molecule has 6 nitrogen and oxygen atoms in total. The first kappa shape index (κ1) is 19.9. The lowest BCUT2D eigenvalue weighted by Crippen LogP contribution is -2.45. The van der Waals surface area contributed by atoms with Crippen molar-refractivity contribution in [1.29, 1.82) is 0 Å². The molecule has 0 spiro atoms. The van der Waals surface area contributed by atoms with E-state index in [1.807, 2.05) is 30.3 Å². The highest BCUT2D eigenvalue weighted by atomic mass is 32.2. The number of nitrogens with zero attached hydrogens (tertiary/aromatic N) is 1. The van der Waals surface area contributed by atoms with Crippen molar-refractivity contribution < 1.29 is 22.0 Å². The van der Waals surface area contributed by atoms with Crippen molar-refractivity contribution >= 4 is 49.2 Å². The summed E-state index contributed by atoms with van der Waals surface area (Å²) >= 11 is 0. The van der Waals surface area contributed by atoms with Crippen LogP contribution in [0.4, 0.5) is 15.8 Å². The maximum absolute atomic E-state index is 13.2. The summed E-state index contributed by atoms with van der Waals surface area (Å²) in [6.45, 7) is 1.47. The molecule has 1 N–H and O–H groups in total. The van der Waals surface area contributed by atoms with E-state index in [4.69, 9.17) is 4.42 Å². The van der Waals surface area contributed by atoms with Gasteiger partial charge in [-0.05, 0) is 49.4 Å². The van der Waals surface area contributed by atoms with Gasteiger partial charge in [-0.25, -0.2) is 12.8 Å². The molecular formula is C22H19FN2O4S. The zero-order valence-electron chi connectivity index (χ0n) is 16.3. The number of rotatable bonds is 5. The quantitative estimate of drug-likeness (QED) is 0.509. The number of amides is 1. The maximum Gasteiger partial charge on any atom is 0.247 e. The van der Waals surface area contributed by atoms with Crippen molar-refractivity contribution in [1.82, 2.24) is 0 Å². The molecule has 0 aliphatic heterocycles. The summed E-state index contributed by atoms with van der Waals surface area (Å²) in [6.07, 6.45) is 1.00. The molecule has 0 fully saturated rings. The highest BCUT2D eigenvalue weighted by Gasteiger charge is 2.29. The fourth-order valence-corrected chi connectivity index (χ4v) is 4.62. The summed E-state index contributed by atoms with van der Waals surface area (Å²) in [4.78, 5) is 12.8. The molecule has 1 amide bonds. The number of benzene rings is 3. The van der Waals surface area contributed by atoms with E-state index in [0.29, 0.717) is 11.3 Å². The van der Waals surface area contributed by atoms with Crippen LogP contribution in [-0.4, -0.2) is 26.6 Å². The molecule has 0 aliphatic carbocycles. The third kappa shape index (κ3) is 3.73. The molecule has 0 bridgehead atoms. The van der Waals surface area contributed by atoms with Crippen molar-refractivity contribution in [2.24, 2.45) is 0 Å². The van der Waals surface area contributed by atoms with Crippen LogP contribution in [0, 0.1) is 5.82 Å². The Morgan fingerprint density at radius 2 is 1.67 bits per heavy atom. The van der Waals surface area contributed by atoms with Crippen molar-refractivity contribution in [3.8, 4) is 0 Å². The van der Waals surface area contributed by atoms with Crippen LogP contribution >= 0.6 is 0 Å². The molecule has 1 heterocycles. The number of furan rings is 1. The first-order valence-electron chi connectivity index (χ1n) is 9.21. The van der Waals surface area contributed by atoms with Crippen LogP contribution in [0.25, 0.3) is 21.9 Å². The molecule has 0 saturated carbocycles. The topological polar surface area (TPSA) is 79.6 Å². The van der Waals surface area contributed by atoms with Crippen molar-refractivity contribution in [3.63, 3.8) is 0 Å². The minimum atomic E-state index is -3.79. The lowest BCUT2D eigenvalue weighted by molar-refractivity contribution is -0.116. The average Bonchev–Trinajstić information content (AvgIpc) is 3.06. The van der Waals surface area contributed by atoms with E-state index < -0.39 is 27.8 Å². The lowest BCUT2D eigenvalue weighted by Gasteiger charge is -2.28. The number of hydrogen-bond acceptors (Lipinski definition) is 4. The Labute approximate surface area is 173 Å². The summed E-state index contributed by atoms with van der Waals surface area (Å²) in [5.41, 5.74) is 2.03. The maximum atomic E-state index is 13.2. The fourth-order valence-electron chi connectivity index (χ4n) is 3.45. The minimum absolute atomic E-state index is 0.203.